The van der Waals surface area contributed by atoms with Crippen LogP contribution < -0.4 is 10.9 Å². The lowest BCUT2D eigenvalue weighted by Crippen LogP contribution is -2.13. The molecule has 0 fully saturated rings. The molecular weight excluding hydrogens is 256 g/mol. The van der Waals surface area contributed by atoms with Crippen LogP contribution in [-0.4, -0.2) is 0 Å². The Hall–Kier alpha value is -2.88. The SMILES string of the molecule is O=c1c2ccccc2oc2oc3ccccc3c(=O)c12. The third-order valence-electron chi connectivity index (χ3n) is 3.33. The predicted molar refractivity (Wildman–Crippen MR) is 76.0 cm³/mol. The van der Waals surface area contributed by atoms with Crippen molar-refractivity contribution in [2.45, 2.75) is 0 Å². The van der Waals surface area contributed by atoms with Gasteiger partial charge in [-0.1, -0.05) is 24.3 Å². The molecule has 96 valence electrons. The summed E-state index contributed by atoms with van der Waals surface area (Å²) in [6.45, 7) is 0. The Bertz CT molecular complexity index is 1000. The summed E-state index contributed by atoms with van der Waals surface area (Å²) in [6.07, 6.45) is 0. The van der Waals surface area contributed by atoms with Crippen LogP contribution in [0.25, 0.3) is 33.1 Å². The van der Waals surface area contributed by atoms with E-state index in [0.717, 1.165) is 0 Å². The maximum atomic E-state index is 12.4. The minimum Gasteiger partial charge on any atom is -0.425 e. The Kier molecular flexibility index (Phi) is 2.09. The first kappa shape index (κ1) is 11.0. The van der Waals surface area contributed by atoms with Crippen LogP contribution >= 0.6 is 0 Å². The first-order chi connectivity index (χ1) is 9.75. The van der Waals surface area contributed by atoms with E-state index in [1.165, 1.54) is 0 Å². The second kappa shape index (κ2) is 3.81. The van der Waals surface area contributed by atoms with Crippen molar-refractivity contribution in [1.82, 2.24) is 0 Å². The molecule has 0 N–H and O–H groups in total. The molecule has 4 aromatic rings. The molecule has 2 heterocycles. The van der Waals surface area contributed by atoms with Gasteiger partial charge in [0.2, 0.25) is 10.9 Å². The van der Waals surface area contributed by atoms with Gasteiger partial charge in [-0.3, -0.25) is 9.59 Å². The smallest absolute Gasteiger partial charge is 0.306 e. The Morgan fingerprint density at radius 2 is 1.10 bits per heavy atom. The summed E-state index contributed by atoms with van der Waals surface area (Å²) in [5.74, 6) is -0.0302. The number of para-hydroxylation sites is 2. The van der Waals surface area contributed by atoms with Crippen molar-refractivity contribution >= 4 is 33.1 Å². The van der Waals surface area contributed by atoms with Crippen molar-refractivity contribution in [3.05, 3.63) is 69.0 Å². The van der Waals surface area contributed by atoms with Crippen molar-refractivity contribution in [3.8, 4) is 0 Å². The average Bonchev–Trinajstić information content (AvgIpc) is 2.47. The van der Waals surface area contributed by atoms with Gasteiger partial charge in [0, 0.05) is 0 Å². The van der Waals surface area contributed by atoms with Crippen LogP contribution in [-0.2, 0) is 0 Å². The molecule has 0 amide bonds. The fourth-order valence-corrected chi connectivity index (χ4v) is 2.37. The molecule has 0 aliphatic rings. The molecule has 2 aromatic heterocycles. The highest BCUT2D eigenvalue weighted by atomic mass is 16.5. The summed E-state index contributed by atoms with van der Waals surface area (Å²) in [6, 6.07) is 13.6. The minimum absolute atomic E-state index is 0.0302. The van der Waals surface area contributed by atoms with E-state index >= 15 is 0 Å². The normalized spacial score (nSPS) is 11.4. The number of benzene rings is 2. The minimum atomic E-state index is -0.360. The maximum absolute atomic E-state index is 12.4. The van der Waals surface area contributed by atoms with Crippen LogP contribution in [0, 0.1) is 0 Å². The average molecular weight is 264 g/mol. The van der Waals surface area contributed by atoms with Gasteiger partial charge in [0.25, 0.3) is 0 Å². The van der Waals surface area contributed by atoms with Crippen LogP contribution in [0.5, 0.6) is 0 Å². The van der Waals surface area contributed by atoms with E-state index in [4.69, 9.17) is 8.83 Å². The van der Waals surface area contributed by atoms with Crippen molar-refractivity contribution in [1.29, 1.82) is 0 Å². The number of fused-ring (bicyclic) bond motifs is 3. The fraction of sp³-hybridized carbons (Fsp3) is 0. The molecule has 4 heteroatoms. The molecule has 0 aliphatic heterocycles. The van der Waals surface area contributed by atoms with E-state index in [-0.39, 0.29) is 22.0 Å². The molecule has 4 rings (SSSR count). The zero-order chi connectivity index (χ0) is 13.7. The highest BCUT2D eigenvalue weighted by Crippen LogP contribution is 2.20. The van der Waals surface area contributed by atoms with Crippen LogP contribution in [0.1, 0.15) is 0 Å². The van der Waals surface area contributed by atoms with Gasteiger partial charge in [-0.2, -0.15) is 0 Å². The van der Waals surface area contributed by atoms with Crippen LogP contribution in [0.4, 0.5) is 0 Å². The third kappa shape index (κ3) is 1.36. The summed E-state index contributed by atoms with van der Waals surface area (Å²) >= 11 is 0. The molecular formula is C16H8O4. The summed E-state index contributed by atoms with van der Waals surface area (Å²) in [7, 11) is 0. The predicted octanol–water partition coefficient (Wildman–Crippen LogP) is 3.05. The van der Waals surface area contributed by atoms with Gasteiger partial charge in [0.15, 0.2) is 5.39 Å². The van der Waals surface area contributed by atoms with Crippen molar-refractivity contribution in [2.75, 3.05) is 0 Å². The van der Waals surface area contributed by atoms with E-state index in [1.54, 1.807) is 48.5 Å². The summed E-state index contributed by atoms with van der Waals surface area (Å²) < 4.78 is 11.1. The quantitative estimate of drug-likeness (QED) is 0.458. The molecule has 0 spiro atoms. The van der Waals surface area contributed by atoms with E-state index in [0.29, 0.717) is 21.9 Å². The van der Waals surface area contributed by atoms with Gasteiger partial charge in [-0.05, 0) is 24.3 Å². The lowest BCUT2D eigenvalue weighted by molar-refractivity contribution is 0.512. The Morgan fingerprint density at radius 1 is 0.650 bits per heavy atom. The zero-order valence-electron chi connectivity index (χ0n) is 10.3. The highest BCUT2D eigenvalue weighted by molar-refractivity contribution is 5.92. The van der Waals surface area contributed by atoms with Crippen molar-refractivity contribution in [3.63, 3.8) is 0 Å². The van der Waals surface area contributed by atoms with Crippen LogP contribution in [0.2, 0.25) is 0 Å². The maximum Gasteiger partial charge on any atom is 0.306 e. The molecule has 0 atom stereocenters. The molecule has 0 unspecified atom stereocenters. The van der Waals surface area contributed by atoms with E-state index in [2.05, 4.69) is 0 Å². The second-order valence-electron chi connectivity index (χ2n) is 4.52. The number of hydrogen-bond donors (Lipinski definition) is 0. The monoisotopic (exact) mass is 264 g/mol. The van der Waals surface area contributed by atoms with Gasteiger partial charge in [-0.25, -0.2) is 0 Å². The lowest BCUT2D eigenvalue weighted by atomic mass is 10.1. The van der Waals surface area contributed by atoms with E-state index in [9.17, 15) is 9.59 Å². The van der Waals surface area contributed by atoms with Gasteiger partial charge >= 0.3 is 5.78 Å². The molecule has 4 nitrogen and oxygen atoms in total. The molecule has 20 heavy (non-hydrogen) atoms. The largest absolute Gasteiger partial charge is 0.425 e. The van der Waals surface area contributed by atoms with Gasteiger partial charge in [-0.15, -0.1) is 0 Å². The Labute approximate surface area is 111 Å². The molecule has 0 radical (unpaired) electrons. The van der Waals surface area contributed by atoms with Crippen molar-refractivity contribution < 1.29 is 8.83 Å². The second-order valence-corrected chi connectivity index (χ2v) is 4.52. The van der Waals surface area contributed by atoms with Gasteiger partial charge < -0.3 is 8.83 Å². The first-order valence-corrected chi connectivity index (χ1v) is 6.13. The fourth-order valence-electron chi connectivity index (χ4n) is 2.37. The molecule has 0 aliphatic carbocycles. The molecule has 0 bridgehead atoms. The van der Waals surface area contributed by atoms with Crippen LogP contribution in [0.15, 0.2) is 67.0 Å². The van der Waals surface area contributed by atoms with Gasteiger partial charge in [0.05, 0.1) is 10.8 Å². The van der Waals surface area contributed by atoms with Crippen molar-refractivity contribution in [2.24, 2.45) is 0 Å². The standard InChI is InChI=1S/C16H8O4/c17-14-9-5-1-3-7-11(9)19-16-13(14)15(18)10-6-2-4-8-12(10)20-16/h1-8H. The topological polar surface area (TPSA) is 60.4 Å². The van der Waals surface area contributed by atoms with E-state index < -0.39 is 0 Å². The summed E-state index contributed by atoms with van der Waals surface area (Å²) in [5, 5.41) is 0.715. The molecule has 0 saturated heterocycles. The molecule has 0 saturated carbocycles. The number of rotatable bonds is 0. The highest BCUT2D eigenvalue weighted by Gasteiger charge is 2.15. The van der Waals surface area contributed by atoms with Gasteiger partial charge in [0.1, 0.15) is 11.2 Å². The summed E-state index contributed by atoms with van der Waals surface area (Å²) in [5.41, 5.74) is 0.0922. The van der Waals surface area contributed by atoms with Crippen LogP contribution in [0.3, 0.4) is 0 Å². The Balaban J connectivity index is 2.38. The molecule has 2 aromatic carbocycles. The lowest BCUT2D eigenvalue weighted by Gasteiger charge is -2.01. The first-order valence-electron chi connectivity index (χ1n) is 6.13. The Morgan fingerprint density at radius 3 is 1.60 bits per heavy atom. The zero-order valence-corrected chi connectivity index (χ0v) is 10.3. The number of hydrogen-bond acceptors (Lipinski definition) is 4. The van der Waals surface area contributed by atoms with E-state index in [1.807, 2.05) is 0 Å². The summed E-state index contributed by atoms with van der Waals surface area (Å²) in [4.78, 5) is 24.9. The third-order valence-corrected chi connectivity index (χ3v) is 3.33.